The third-order valence-electron chi connectivity index (χ3n) is 19.6. The second-order valence-electron chi connectivity index (χ2n) is 25.4. The molecule has 0 saturated heterocycles. The van der Waals surface area contributed by atoms with E-state index in [-0.39, 0.29) is 82.5 Å². The summed E-state index contributed by atoms with van der Waals surface area (Å²) in [6, 6.07) is 41.2. The average molecular weight is 1240 g/mol. The van der Waals surface area contributed by atoms with Gasteiger partial charge in [-0.1, -0.05) is 238 Å². The molecule has 1 spiro atoms. The van der Waals surface area contributed by atoms with Crippen molar-refractivity contribution in [3.63, 3.8) is 0 Å². The van der Waals surface area contributed by atoms with Crippen molar-refractivity contribution in [1.82, 2.24) is 13.7 Å². The maximum Gasteiger partial charge on any atom is 0.247 e. The molecular weight excluding hydrogens is 1150 g/mol. The lowest BCUT2D eigenvalue weighted by atomic mass is 9.29. The van der Waals surface area contributed by atoms with Crippen LogP contribution in [0.3, 0.4) is 0 Å². The van der Waals surface area contributed by atoms with Crippen LogP contribution in [0.15, 0.2) is 321 Å². The van der Waals surface area contributed by atoms with Crippen molar-refractivity contribution in [3.05, 3.63) is 349 Å². The molecule has 0 bridgehead atoms. The molecule has 0 saturated carbocycles. The molecule has 20 rings (SSSR count). The largest absolute Gasteiger partial charge is 0.311 e. The Kier molecular flexibility index (Phi) is 7.45. The first-order valence-electron chi connectivity index (χ1n) is 43.3. The molecule has 0 N–H and O–H groups in total. The Morgan fingerprint density at radius 2 is 0.737 bits per heavy atom. The molecule has 0 unspecified atom stereocenters. The van der Waals surface area contributed by atoms with Crippen molar-refractivity contribution in [1.29, 1.82) is 0 Å². The fourth-order valence-corrected chi connectivity index (χ4v) is 15.7. The Morgan fingerprint density at radius 1 is 0.316 bits per heavy atom. The summed E-state index contributed by atoms with van der Waals surface area (Å²) in [4.78, 5) is 4.19. The van der Waals surface area contributed by atoms with Crippen molar-refractivity contribution < 1.29 is 32.9 Å². The molecule has 3 aliphatic heterocycles. The molecular formula is C89H62BN5. The number of anilines is 6. The summed E-state index contributed by atoms with van der Waals surface area (Å²) in [5.74, 6) is 0. The van der Waals surface area contributed by atoms with E-state index in [0.29, 0.717) is 72.6 Å². The lowest BCUT2D eigenvalue weighted by Crippen LogP contribution is -2.65. The average Bonchev–Trinajstić information content (AvgIpc) is 1.25. The molecule has 17 aromatic rings. The number of para-hydroxylation sites is 9. The zero-order valence-corrected chi connectivity index (χ0v) is 51.1. The van der Waals surface area contributed by atoms with Gasteiger partial charge in [0.2, 0.25) is 6.71 Å². The third kappa shape index (κ3) is 7.51. The van der Waals surface area contributed by atoms with Crippen molar-refractivity contribution in [2.24, 2.45) is 0 Å². The van der Waals surface area contributed by atoms with Gasteiger partial charge in [0.1, 0.15) is 0 Å². The van der Waals surface area contributed by atoms with E-state index in [9.17, 15) is 27.4 Å². The smallest absolute Gasteiger partial charge is 0.247 e. The van der Waals surface area contributed by atoms with E-state index in [1.165, 1.54) is 13.7 Å². The minimum Gasteiger partial charge on any atom is -0.311 e. The Morgan fingerprint density at radius 3 is 1.24 bits per heavy atom. The summed E-state index contributed by atoms with van der Waals surface area (Å²) in [6.07, 6.45) is 0. The molecule has 446 valence electrons. The zero-order valence-electron chi connectivity index (χ0n) is 75.1. The van der Waals surface area contributed by atoms with Gasteiger partial charge in [0.15, 0.2) is 0 Å². The number of aromatic nitrogens is 3. The van der Waals surface area contributed by atoms with Crippen LogP contribution in [-0.4, -0.2) is 20.4 Å². The predicted octanol–water partition coefficient (Wildman–Crippen LogP) is 20.7. The van der Waals surface area contributed by atoms with E-state index >= 15 is 0 Å². The molecule has 5 nitrogen and oxygen atoms in total. The van der Waals surface area contributed by atoms with Gasteiger partial charge in [-0.15, -0.1) is 0 Å². The first-order chi connectivity index (χ1) is 56.8. The van der Waals surface area contributed by atoms with E-state index < -0.39 is 163 Å². The monoisotopic (exact) mass is 1240 g/mol. The second kappa shape index (κ2) is 20.1. The molecule has 0 radical (unpaired) electrons. The van der Waals surface area contributed by atoms with E-state index in [1.54, 1.807) is 18.2 Å². The van der Waals surface area contributed by atoms with Gasteiger partial charge < -0.3 is 23.5 Å². The standard InChI is InChI=1S/C89H62BN5/c1-88(2,3)58-46-51-82(69(52-58)57-26-6-4-7-27-57)95-85-55-61(93-78-40-20-12-32-65(78)66-33-13-21-41-79(66)93)48-50-75(85)90-74-49-47-60(92-76-38-18-10-30-63(76)64-31-11-19-39-77(64)92)53-72(74)89(70-36-16-24-44-83(70)91(59-28-8-5-9-29-59)84-45-25-17-37-71(84)89)73-54-62(56-86(95)87(73)90)94-80-42-22-14-34-67(80)68-35-15-23-43-81(68)94/h4-56H,1-3H3/i10D,11D,12D,13D,14D,15D,18D,19D,20D,21D,22D,23D,30D,31D,32D,33D,34D,35D,38D,39D,40D,41D,42D,43D. The van der Waals surface area contributed by atoms with E-state index in [0.717, 1.165) is 16.8 Å². The molecule has 14 aromatic carbocycles. The van der Waals surface area contributed by atoms with Gasteiger partial charge in [-0.25, -0.2) is 0 Å². The van der Waals surface area contributed by atoms with E-state index in [4.69, 9.17) is 5.48 Å². The first-order valence-corrected chi connectivity index (χ1v) is 31.3. The van der Waals surface area contributed by atoms with Gasteiger partial charge >= 0.3 is 0 Å². The molecule has 6 heterocycles. The van der Waals surface area contributed by atoms with Crippen LogP contribution in [-0.2, 0) is 10.8 Å². The van der Waals surface area contributed by atoms with E-state index in [2.05, 4.69) is 31.7 Å². The highest BCUT2D eigenvalue weighted by Crippen LogP contribution is 2.60. The molecule has 0 aliphatic carbocycles. The summed E-state index contributed by atoms with van der Waals surface area (Å²) in [5, 5.41) is -1.10. The van der Waals surface area contributed by atoms with E-state index in [1.807, 2.05) is 157 Å². The van der Waals surface area contributed by atoms with Crippen LogP contribution in [0, 0.1) is 0 Å². The fourth-order valence-electron chi connectivity index (χ4n) is 15.7. The van der Waals surface area contributed by atoms with Gasteiger partial charge in [0.05, 0.1) is 88.5 Å². The van der Waals surface area contributed by atoms with Gasteiger partial charge in [0, 0.05) is 72.0 Å². The third-order valence-corrected chi connectivity index (χ3v) is 19.6. The summed E-state index contributed by atoms with van der Waals surface area (Å²) >= 11 is 0. The number of nitrogens with zero attached hydrogens (tertiary/aromatic N) is 5. The lowest BCUT2D eigenvalue weighted by Gasteiger charge is -2.52. The quantitative estimate of drug-likeness (QED) is 0.155. The van der Waals surface area contributed by atoms with Crippen LogP contribution in [0.2, 0.25) is 0 Å². The Labute approximate surface area is 585 Å². The Bertz CT molecular complexity index is 7280. The number of hydrogen-bond donors (Lipinski definition) is 0. The fraction of sp³-hybridized carbons (Fsp3) is 0.0562. The van der Waals surface area contributed by atoms with Crippen LogP contribution in [0.4, 0.5) is 34.1 Å². The molecule has 3 aromatic heterocycles. The SMILES string of the molecule is [2H]c1c([2H])c([2H])c2c(c1[2H])c1c([2H])c([2H])c([2H])c([2H])c1n2-c1ccc2c(c1)N(c1ccc(C(C)(C)C)cc1-c1ccccc1)c1cc(-n3c4c([2H])c([2H])c([2H])c([2H])c4c4c([2H])c([2H])c([2H])c([2H])c43)cc3c1B2c1ccc(-n2c4c([2H])c([2H])c([2H])c([2H])c4c4c([2H])c([2H])c([2H])c([2H])c42)cc1C31c2ccccc2N(c2ccccc2)c2ccccc21. The highest BCUT2D eigenvalue weighted by molar-refractivity contribution is 6.99. The molecule has 0 amide bonds. The van der Waals surface area contributed by atoms with Crippen LogP contribution in [0.5, 0.6) is 0 Å². The topological polar surface area (TPSA) is 21.3 Å². The summed E-state index contributed by atoms with van der Waals surface area (Å²) in [6.45, 7) is 5.26. The Balaban J connectivity index is 1.05. The highest BCUT2D eigenvalue weighted by atomic mass is 15.2. The lowest BCUT2D eigenvalue weighted by molar-refractivity contribution is 0.590. The van der Waals surface area contributed by atoms with Gasteiger partial charge in [-0.05, 0) is 159 Å². The number of hydrogen-bond acceptors (Lipinski definition) is 2. The van der Waals surface area contributed by atoms with Gasteiger partial charge in [-0.3, -0.25) is 0 Å². The predicted molar refractivity (Wildman–Crippen MR) is 399 cm³/mol. The second-order valence-corrected chi connectivity index (χ2v) is 25.4. The molecule has 3 aliphatic rings. The summed E-state index contributed by atoms with van der Waals surface area (Å²) in [7, 11) is 0. The van der Waals surface area contributed by atoms with Gasteiger partial charge in [-0.2, -0.15) is 0 Å². The maximum atomic E-state index is 10.2. The number of fused-ring (bicyclic) bond motifs is 19. The minimum atomic E-state index is -1.74. The minimum absolute atomic E-state index is 0.105. The van der Waals surface area contributed by atoms with Crippen LogP contribution in [0.1, 0.15) is 81.5 Å². The first kappa shape index (κ1) is 35.3. The summed E-state index contributed by atoms with van der Waals surface area (Å²) < 4.78 is 233. The highest BCUT2D eigenvalue weighted by Gasteiger charge is 2.56. The molecule has 95 heavy (non-hydrogen) atoms. The van der Waals surface area contributed by atoms with Crippen molar-refractivity contribution in [3.8, 4) is 28.2 Å². The number of rotatable bonds is 6. The Hall–Kier alpha value is -11.9. The number of benzene rings is 14. The maximum absolute atomic E-state index is 10.2. The summed E-state index contributed by atoms with van der Waals surface area (Å²) in [5.41, 5.74) is 6.77. The van der Waals surface area contributed by atoms with Crippen molar-refractivity contribution >= 4 is 123 Å². The van der Waals surface area contributed by atoms with Crippen molar-refractivity contribution in [2.45, 2.75) is 31.6 Å². The zero-order chi connectivity index (χ0) is 83.7. The van der Waals surface area contributed by atoms with Crippen LogP contribution in [0.25, 0.3) is 93.6 Å². The normalized spacial score (nSPS) is 17.2. The molecule has 0 fully saturated rings. The molecule has 6 heteroatoms. The van der Waals surface area contributed by atoms with Gasteiger partial charge in [0.25, 0.3) is 0 Å². The molecule has 0 atom stereocenters. The van der Waals surface area contributed by atoms with Crippen molar-refractivity contribution in [2.75, 3.05) is 9.80 Å². The van der Waals surface area contributed by atoms with Crippen LogP contribution >= 0.6 is 0 Å². The van der Waals surface area contributed by atoms with Crippen LogP contribution < -0.4 is 26.2 Å².